The quantitative estimate of drug-likeness (QED) is 0.177. The molecule has 6 rings (SSSR count). The lowest BCUT2D eigenvalue weighted by Gasteiger charge is -2.14. The number of benzene rings is 4. The number of nitrogens with one attached hydrogen (secondary N) is 1. The molecule has 1 aliphatic rings. The van der Waals surface area contributed by atoms with Gasteiger partial charge in [0.25, 0.3) is 5.91 Å². The van der Waals surface area contributed by atoms with Crippen molar-refractivity contribution in [2.24, 2.45) is 0 Å². The first-order chi connectivity index (χ1) is 20.4. The van der Waals surface area contributed by atoms with E-state index >= 15 is 0 Å². The Morgan fingerprint density at radius 1 is 0.905 bits per heavy atom. The lowest BCUT2D eigenvalue weighted by Crippen LogP contribution is -2.15. The fourth-order valence-electron chi connectivity index (χ4n) is 5.06. The Bertz CT molecular complexity index is 1720. The third kappa shape index (κ3) is 6.07. The average molecular weight is 614 g/mol. The summed E-state index contributed by atoms with van der Waals surface area (Å²) in [7, 11) is 0. The highest BCUT2D eigenvalue weighted by Crippen LogP contribution is 2.32. The summed E-state index contributed by atoms with van der Waals surface area (Å²) >= 11 is 14.0. The summed E-state index contributed by atoms with van der Waals surface area (Å²) in [5.74, 6) is 1.45. The van der Waals surface area contributed by atoms with Crippen molar-refractivity contribution in [3.8, 4) is 28.1 Å². The molecule has 2 heterocycles. The minimum Gasteiger partial charge on any atom is -0.303 e. The average Bonchev–Trinajstić information content (AvgIpc) is 3.63. The lowest BCUT2D eigenvalue weighted by molar-refractivity contribution is -0.117. The maximum Gasteiger partial charge on any atom is 0.251 e. The van der Waals surface area contributed by atoms with E-state index < -0.39 is 0 Å². The van der Waals surface area contributed by atoms with Crippen LogP contribution in [-0.4, -0.2) is 22.0 Å². The molecule has 212 valence electrons. The van der Waals surface area contributed by atoms with Gasteiger partial charge in [-0.25, -0.2) is 4.98 Å². The Morgan fingerprint density at radius 2 is 1.57 bits per heavy atom. The van der Waals surface area contributed by atoms with E-state index in [2.05, 4.69) is 71.7 Å². The normalized spacial score (nSPS) is 13.8. The number of nitrogens with zero attached hydrogens (tertiary/aromatic N) is 3. The molecule has 1 N–H and O–H groups in total. The topological polar surface area (TPSA) is 50.2 Å². The SMILES string of the molecule is CCC(C)c1ccc(-c2ccc(Cc3nc(-c4ccc(Cl)cc4Cl)cn3-c3ccc(N4CC(=O)NS4)cc3)cc2)cc1. The Hall–Kier alpha value is -3.71. The third-order valence-electron chi connectivity index (χ3n) is 7.70. The Balaban J connectivity index is 1.30. The monoisotopic (exact) mass is 612 g/mol. The van der Waals surface area contributed by atoms with Gasteiger partial charge in [0.2, 0.25) is 0 Å². The van der Waals surface area contributed by atoms with Gasteiger partial charge in [0.1, 0.15) is 12.4 Å². The molecule has 1 amide bonds. The van der Waals surface area contributed by atoms with Crippen molar-refractivity contribution in [2.45, 2.75) is 32.6 Å². The molecule has 5 nitrogen and oxygen atoms in total. The molecule has 1 aliphatic heterocycles. The van der Waals surface area contributed by atoms with Crippen LogP contribution in [0.2, 0.25) is 10.0 Å². The predicted octanol–water partition coefficient (Wildman–Crippen LogP) is 9.12. The van der Waals surface area contributed by atoms with Gasteiger partial charge in [-0.1, -0.05) is 85.6 Å². The van der Waals surface area contributed by atoms with Crippen molar-refractivity contribution in [3.63, 3.8) is 0 Å². The van der Waals surface area contributed by atoms with Crippen molar-refractivity contribution in [1.29, 1.82) is 0 Å². The number of carbonyl (C=O) groups excluding carboxylic acids is 1. The molecule has 4 aromatic carbocycles. The van der Waals surface area contributed by atoms with Crippen molar-refractivity contribution in [2.75, 3.05) is 10.8 Å². The summed E-state index contributed by atoms with van der Waals surface area (Å²) in [5, 5.41) is 1.14. The summed E-state index contributed by atoms with van der Waals surface area (Å²) in [6.07, 6.45) is 3.79. The van der Waals surface area contributed by atoms with Gasteiger partial charge in [0, 0.05) is 34.6 Å². The Morgan fingerprint density at radius 3 is 2.19 bits per heavy atom. The molecule has 1 saturated heterocycles. The first kappa shape index (κ1) is 28.4. The maximum atomic E-state index is 11.7. The molecule has 0 spiro atoms. The molecule has 0 radical (unpaired) electrons. The van der Waals surface area contributed by atoms with E-state index in [0.717, 1.165) is 40.4 Å². The number of aromatic nitrogens is 2. The van der Waals surface area contributed by atoms with Crippen LogP contribution < -0.4 is 9.03 Å². The van der Waals surface area contributed by atoms with Crippen LogP contribution in [0.4, 0.5) is 5.69 Å². The van der Waals surface area contributed by atoms with Crippen molar-refractivity contribution in [3.05, 3.63) is 124 Å². The van der Waals surface area contributed by atoms with Crippen LogP contribution in [0.3, 0.4) is 0 Å². The van der Waals surface area contributed by atoms with Crippen LogP contribution in [0.1, 0.15) is 43.1 Å². The number of hydrogen-bond acceptors (Lipinski definition) is 4. The minimum absolute atomic E-state index is 0.000387. The van der Waals surface area contributed by atoms with Gasteiger partial charge in [-0.2, -0.15) is 0 Å². The van der Waals surface area contributed by atoms with Crippen molar-refractivity contribution >= 4 is 46.9 Å². The second-order valence-electron chi connectivity index (χ2n) is 10.5. The smallest absolute Gasteiger partial charge is 0.251 e. The Kier molecular flexibility index (Phi) is 8.29. The van der Waals surface area contributed by atoms with E-state index in [-0.39, 0.29) is 5.91 Å². The maximum absolute atomic E-state index is 11.7. The number of rotatable bonds is 8. The van der Waals surface area contributed by atoms with Crippen LogP contribution in [0.15, 0.2) is 97.2 Å². The van der Waals surface area contributed by atoms with Crippen LogP contribution in [0.5, 0.6) is 0 Å². The summed E-state index contributed by atoms with van der Waals surface area (Å²) in [5.41, 5.74) is 8.46. The van der Waals surface area contributed by atoms with Gasteiger partial charge in [-0.05, 0) is 77.1 Å². The second-order valence-corrected chi connectivity index (χ2v) is 12.2. The molecule has 0 saturated carbocycles. The van der Waals surface area contributed by atoms with Crippen LogP contribution in [-0.2, 0) is 11.2 Å². The molecule has 0 bridgehead atoms. The van der Waals surface area contributed by atoms with Gasteiger partial charge in [-0.15, -0.1) is 0 Å². The van der Waals surface area contributed by atoms with Gasteiger partial charge in [0.05, 0.1) is 22.9 Å². The molecule has 1 aromatic heterocycles. The largest absolute Gasteiger partial charge is 0.303 e. The molecule has 1 unspecified atom stereocenters. The van der Waals surface area contributed by atoms with Gasteiger partial charge in [0.15, 0.2) is 0 Å². The molecule has 5 aromatic rings. The van der Waals surface area contributed by atoms with Crippen LogP contribution >= 0.6 is 35.3 Å². The lowest BCUT2D eigenvalue weighted by atomic mass is 9.95. The first-order valence-corrected chi connectivity index (χ1v) is 15.5. The molecular formula is C34H30Cl2N4OS. The van der Waals surface area contributed by atoms with E-state index in [9.17, 15) is 4.79 Å². The molecule has 42 heavy (non-hydrogen) atoms. The zero-order valence-electron chi connectivity index (χ0n) is 23.4. The van der Waals surface area contributed by atoms with Crippen molar-refractivity contribution in [1.82, 2.24) is 14.3 Å². The molecule has 1 fully saturated rings. The zero-order valence-corrected chi connectivity index (χ0v) is 25.7. The van der Waals surface area contributed by atoms with Crippen molar-refractivity contribution < 1.29 is 4.79 Å². The predicted molar refractivity (Wildman–Crippen MR) is 175 cm³/mol. The number of amides is 1. The number of anilines is 1. The van der Waals surface area contributed by atoms with E-state index in [1.54, 1.807) is 6.07 Å². The summed E-state index contributed by atoms with van der Waals surface area (Å²) in [4.78, 5) is 16.7. The van der Waals surface area contributed by atoms with E-state index in [0.29, 0.717) is 28.9 Å². The number of imidazole rings is 1. The highest BCUT2D eigenvalue weighted by Gasteiger charge is 2.21. The van der Waals surface area contributed by atoms with Gasteiger partial charge < -0.3 is 4.57 Å². The number of halogens is 2. The van der Waals surface area contributed by atoms with Crippen LogP contribution in [0.25, 0.3) is 28.1 Å². The fraction of sp³-hybridized carbons (Fsp3) is 0.176. The minimum atomic E-state index is -0.000387. The fourth-order valence-corrected chi connectivity index (χ4v) is 6.25. The van der Waals surface area contributed by atoms with Gasteiger partial charge >= 0.3 is 0 Å². The zero-order chi connectivity index (χ0) is 29.2. The standard InChI is InChI=1S/C34H30Cl2N4OS/c1-3-22(2)24-8-10-26(11-9-24)25-6-4-23(5-7-25)18-33-37-32(30-17-12-27(35)19-31(30)36)20-39(33)28-13-15-29(16-14-28)40-21-34(41)38-42-40/h4-17,19-20,22H,3,18,21H2,1-2H3,(H,38,41). The summed E-state index contributed by atoms with van der Waals surface area (Å²) in [6.45, 7) is 4.82. The number of hydrogen-bond donors (Lipinski definition) is 1. The first-order valence-electron chi connectivity index (χ1n) is 13.9. The summed E-state index contributed by atoms with van der Waals surface area (Å²) in [6, 6.07) is 31.2. The third-order valence-corrected chi connectivity index (χ3v) is 9.13. The van der Waals surface area contributed by atoms with Crippen LogP contribution in [0, 0.1) is 0 Å². The molecule has 8 heteroatoms. The number of carbonyl (C=O) groups is 1. The van der Waals surface area contributed by atoms with E-state index in [1.807, 2.05) is 46.9 Å². The van der Waals surface area contributed by atoms with Gasteiger partial charge in [-0.3, -0.25) is 13.8 Å². The van der Waals surface area contributed by atoms with E-state index in [4.69, 9.17) is 28.2 Å². The highest BCUT2D eigenvalue weighted by atomic mass is 35.5. The molecular weight excluding hydrogens is 583 g/mol. The molecule has 1 atom stereocenters. The molecule has 0 aliphatic carbocycles. The second kappa shape index (κ2) is 12.3. The Labute approximate surface area is 260 Å². The van der Waals surface area contributed by atoms with E-state index in [1.165, 1.54) is 28.8 Å². The highest BCUT2D eigenvalue weighted by molar-refractivity contribution is 7.99. The summed E-state index contributed by atoms with van der Waals surface area (Å²) < 4.78 is 6.80.